The summed E-state index contributed by atoms with van der Waals surface area (Å²) in [6.45, 7) is 7.93. The molecule has 30 heavy (non-hydrogen) atoms. The second kappa shape index (κ2) is 7.95. The third kappa shape index (κ3) is 4.46. The number of likely N-dealkylation sites (tertiary alicyclic amines) is 1. The van der Waals surface area contributed by atoms with Crippen LogP contribution in [0.4, 0.5) is 10.5 Å². The molecule has 0 radical (unpaired) electrons. The third-order valence-corrected chi connectivity index (χ3v) is 6.23. The zero-order valence-corrected chi connectivity index (χ0v) is 18.5. The zero-order valence-electron chi connectivity index (χ0n) is 17.7. The van der Waals surface area contributed by atoms with Crippen molar-refractivity contribution < 1.29 is 9.63 Å². The van der Waals surface area contributed by atoms with Crippen molar-refractivity contribution in [3.8, 4) is 0 Å². The van der Waals surface area contributed by atoms with E-state index in [4.69, 9.17) is 16.4 Å². The van der Waals surface area contributed by atoms with E-state index in [1.165, 1.54) is 5.56 Å². The summed E-state index contributed by atoms with van der Waals surface area (Å²) in [5.41, 5.74) is 3.99. The fourth-order valence-electron chi connectivity index (χ4n) is 3.96. The Morgan fingerprint density at radius 1 is 1.07 bits per heavy atom. The number of carbonyl (C=O) groups is 1. The van der Waals surface area contributed by atoms with E-state index in [2.05, 4.69) is 55.5 Å². The van der Waals surface area contributed by atoms with Gasteiger partial charge in [-0.2, -0.15) is 0 Å². The number of anilines is 1. The maximum atomic E-state index is 12.6. The fraction of sp³-hybridized carbons (Fsp3) is 0.417. The van der Waals surface area contributed by atoms with Crippen LogP contribution in [-0.4, -0.2) is 35.3 Å². The SMILES string of the molecule is CC(C)(C)c1ccc(C2=NOC3(CCN(C(=O)Nc4ccc(Cl)cc4)CC3)C2)cc1. The van der Waals surface area contributed by atoms with E-state index in [0.29, 0.717) is 18.1 Å². The van der Waals surface area contributed by atoms with Gasteiger partial charge in [0.1, 0.15) is 5.60 Å². The molecule has 1 saturated heterocycles. The molecule has 1 fully saturated rings. The van der Waals surface area contributed by atoms with Crippen LogP contribution in [0.2, 0.25) is 5.02 Å². The van der Waals surface area contributed by atoms with Crippen molar-refractivity contribution in [1.82, 2.24) is 4.90 Å². The minimum Gasteiger partial charge on any atom is -0.388 e. The molecule has 5 nitrogen and oxygen atoms in total. The standard InChI is InChI=1S/C24H28ClN3O2/c1-23(2,3)18-6-4-17(5-7-18)21-16-24(30-27-21)12-14-28(15-13-24)22(29)26-20-10-8-19(25)9-11-20/h4-11H,12-16H2,1-3H3,(H,26,29). The molecule has 2 amide bonds. The minimum absolute atomic E-state index is 0.0934. The van der Waals surface area contributed by atoms with Crippen LogP contribution in [0.25, 0.3) is 0 Å². The first kappa shape index (κ1) is 20.7. The van der Waals surface area contributed by atoms with E-state index >= 15 is 0 Å². The van der Waals surface area contributed by atoms with Gasteiger partial charge in [0.05, 0.1) is 5.71 Å². The van der Waals surface area contributed by atoms with Crippen LogP contribution in [0.1, 0.15) is 51.2 Å². The Balaban J connectivity index is 1.33. The number of benzene rings is 2. The molecule has 2 heterocycles. The normalized spacial score (nSPS) is 18.1. The number of piperidine rings is 1. The number of halogens is 1. The van der Waals surface area contributed by atoms with E-state index in [-0.39, 0.29) is 17.0 Å². The minimum atomic E-state index is -0.297. The van der Waals surface area contributed by atoms with Gasteiger partial charge in [-0.05, 0) is 40.8 Å². The number of oxime groups is 1. The van der Waals surface area contributed by atoms with Crippen molar-refractivity contribution in [2.24, 2.45) is 5.16 Å². The Labute approximate surface area is 183 Å². The number of urea groups is 1. The Bertz CT molecular complexity index is 938. The van der Waals surface area contributed by atoms with Crippen LogP contribution in [0.15, 0.2) is 53.7 Å². The van der Waals surface area contributed by atoms with E-state index in [9.17, 15) is 4.79 Å². The first-order valence-electron chi connectivity index (χ1n) is 10.4. The molecule has 1 N–H and O–H groups in total. The number of amides is 2. The van der Waals surface area contributed by atoms with Gasteiger partial charge in [0.15, 0.2) is 0 Å². The molecule has 4 rings (SSSR count). The van der Waals surface area contributed by atoms with Crippen LogP contribution in [0, 0.1) is 0 Å². The number of nitrogens with zero attached hydrogens (tertiary/aromatic N) is 2. The lowest BCUT2D eigenvalue weighted by molar-refractivity contribution is -0.0544. The lowest BCUT2D eigenvalue weighted by Crippen LogP contribution is -2.48. The third-order valence-electron chi connectivity index (χ3n) is 5.98. The first-order valence-corrected chi connectivity index (χ1v) is 10.8. The summed E-state index contributed by atoms with van der Waals surface area (Å²) in [7, 11) is 0. The molecule has 0 aromatic heterocycles. The quantitative estimate of drug-likeness (QED) is 0.658. The monoisotopic (exact) mass is 425 g/mol. The molecule has 2 aliphatic heterocycles. The second-order valence-electron chi connectivity index (χ2n) is 9.24. The van der Waals surface area contributed by atoms with Gasteiger partial charge in [0.2, 0.25) is 0 Å². The number of nitrogens with one attached hydrogen (secondary N) is 1. The topological polar surface area (TPSA) is 53.9 Å². The highest BCUT2D eigenvalue weighted by Crippen LogP contribution is 2.36. The molecule has 6 heteroatoms. The Hall–Kier alpha value is -2.53. The van der Waals surface area contributed by atoms with Crippen molar-refractivity contribution in [2.45, 2.75) is 51.0 Å². The van der Waals surface area contributed by atoms with Gasteiger partial charge in [-0.25, -0.2) is 4.79 Å². The average molecular weight is 426 g/mol. The largest absolute Gasteiger partial charge is 0.388 e. The zero-order chi connectivity index (χ0) is 21.4. The number of carbonyl (C=O) groups excluding carboxylic acids is 1. The van der Waals surface area contributed by atoms with Gasteiger partial charge in [0.25, 0.3) is 0 Å². The maximum Gasteiger partial charge on any atom is 0.321 e. The second-order valence-corrected chi connectivity index (χ2v) is 9.68. The van der Waals surface area contributed by atoms with E-state index < -0.39 is 0 Å². The van der Waals surface area contributed by atoms with Crippen molar-refractivity contribution in [2.75, 3.05) is 18.4 Å². The molecule has 0 bridgehead atoms. The highest BCUT2D eigenvalue weighted by Gasteiger charge is 2.43. The predicted octanol–water partition coefficient (Wildman–Crippen LogP) is 5.83. The maximum absolute atomic E-state index is 12.6. The van der Waals surface area contributed by atoms with E-state index in [0.717, 1.165) is 36.2 Å². The lowest BCUT2D eigenvalue weighted by Gasteiger charge is -2.37. The van der Waals surface area contributed by atoms with Gasteiger partial charge in [-0.1, -0.05) is 61.8 Å². The summed E-state index contributed by atoms with van der Waals surface area (Å²) in [4.78, 5) is 20.3. The number of rotatable bonds is 2. The van der Waals surface area contributed by atoms with Gasteiger partial charge in [-0.3, -0.25) is 0 Å². The lowest BCUT2D eigenvalue weighted by atomic mass is 9.84. The molecule has 0 aliphatic carbocycles. The Kier molecular flexibility index (Phi) is 5.49. The Morgan fingerprint density at radius 2 is 1.70 bits per heavy atom. The summed E-state index contributed by atoms with van der Waals surface area (Å²) in [5, 5.41) is 7.98. The molecule has 0 atom stereocenters. The molecule has 0 unspecified atom stereocenters. The molecule has 2 aliphatic rings. The highest BCUT2D eigenvalue weighted by atomic mass is 35.5. The van der Waals surface area contributed by atoms with Crippen molar-refractivity contribution in [3.63, 3.8) is 0 Å². The van der Waals surface area contributed by atoms with Crippen LogP contribution in [0.3, 0.4) is 0 Å². The van der Waals surface area contributed by atoms with Gasteiger partial charge in [0, 0.05) is 43.1 Å². The number of hydrogen-bond donors (Lipinski definition) is 1. The number of hydrogen-bond acceptors (Lipinski definition) is 3. The summed E-state index contributed by atoms with van der Waals surface area (Å²) in [5.74, 6) is 0. The molecule has 2 aromatic rings. The predicted molar refractivity (Wildman–Crippen MR) is 121 cm³/mol. The van der Waals surface area contributed by atoms with E-state index in [1.807, 2.05) is 4.90 Å². The van der Waals surface area contributed by atoms with Gasteiger partial charge in [-0.15, -0.1) is 0 Å². The molecule has 158 valence electrons. The van der Waals surface area contributed by atoms with Crippen LogP contribution >= 0.6 is 11.6 Å². The highest BCUT2D eigenvalue weighted by molar-refractivity contribution is 6.30. The van der Waals surface area contributed by atoms with Crippen LogP contribution in [-0.2, 0) is 10.3 Å². The van der Waals surface area contributed by atoms with Gasteiger partial charge < -0.3 is 15.1 Å². The smallest absolute Gasteiger partial charge is 0.321 e. The summed E-state index contributed by atoms with van der Waals surface area (Å²) in [6, 6.07) is 15.7. The van der Waals surface area contributed by atoms with E-state index in [1.54, 1.807) is 24.3 Å². The fourth-order valence-corrected chi connectivity index (χ4v) is 4.09. The van der Waals surface area contributed by atoms with Crippen molar-refractivity contribution in [1.29, 1.82) is 0 Å². The van der Waals surface area contributed by atoms with Crippen LogP contribution < -0.4 is 5.32 Å². The van der Waals surface area contributed by atoms with Crippen LogP contribution in [0.5, 0.6) is 0 Å². The van der Waals surface area contributed by atoms with Gasteiger partial charge >= 0.3 is 6.03 Å². The summed E-state index contributed by atoms with van der Waals surface area (Å²) >= 11 is 5.90. The average Bonchev–Trinajstić information content (AvgIpc) is 3.13. The summed E-state index contributed by atoms with van der Waals surface area (Å²) < 4.78 is 0. The summed E-state index contributed by atoms with van der Waals surface area (Å²) in [6.07, 6.45) is 2.33. The molecular formula is C24H28ClN3O2. The van der Waals surface area contributed by atoms with Crippen molar-refractivity contribution in [3.05, 3.63) is 64.7 Å². The molecule has 0 saturated carbocycles. The molecule has 2 aromatic carbocycles. The molecular weight excluding hydrogens is 398 g/mol. The Morgan fingerprint density at radius 3 is 2.30 bits per heavy atom. The van der Waals surface area contributed by atoms with Crippen molar-refractivity contribution >= 4 is 29.0 Å². The first-order chi connectivity index (χ1) is 14.2. The molecule has 1 spiro atoms.